The van der Waals surface area contributed by atoms with Crippen LogP contribution in [0.1, 0.15) is 11.1 Å². The first-order valence-electron chi connectivity index (χ1n) is 8.25. The first-order valence-corrected chi connectivity index (χ1v) is 10.1. The average molecular weight is 427 g/mol. The van der Waals surface area contributed by atoms with Gasteiger partial charge in [0.05, 0.1) is 10.4 Å². The fourth-order valence-electron chi connectivity index (χ4n) is 3.09. The molecular weight excluding hydrogens is 411 g/mol. The lowest BCUT2D eigenvalue weighted by Gasteiger charge is -2.25. The molecule has 29 heavy (non-hydrogen) atoms. The lowest BCUT2D eigenvalue weighted by molar-refractivity contribution is -0.265. The molecule has 0 bridgehead atoms. The van der Waals surface area contributed by atoms with E-state index in [-0.39, 0.29) is 22.3 Å². The third-order valence-corrected chi connectivity index (χ3v) is 5.70. The van der Waals surface area contributed by atoms with Crippen molar-refractivity contribution >= 4 is 26.7 Å². The van der Waals surface area contributed by atoms with Gasteiger partial charge in [-0.2, -0.15) is 13.2 Å². The molecule has 1 heterocycles. The van der Waals surface area contributed by atoms with Crippen LogP contribution in [0, 0.1) is 0 Å². The van der Waals surface area contributed by atoms with Gasteiger partial charge in [0.2, 0.25) is 0 Å². The van der Waals surface area contributed by atoms with Gasteiger partial charge in [0.1, 0.15) is 0 Å². The summed E-state index contributed by atoms with van der Waals surface area (Å²) in [5, 5.41) is 19.1. The summed E-state index contributed by atoms with van der Waals surface area (Å²) in [5.41, 5.74) is -4.30. The van der Waals surface area contributed by atoms with Gasteiger partial charge >= 0.3 is 12.1 Å². The summed E-state index contributed by atoms with van der Waals surface area (Å²) in [4.78, 5) is 11.3. The first kappa shape index (κ1) is 20.9. The molecule has 0 spiro atoms. The number of nitrogens with zero attached hydrogens (tertiary/aromatic N) is 1. The Morgan fingerprint density at radius 3 is 2.24 bits per heavy atom. The van der Waals surface area contributed by atoms with Crippen LogP contribution in [0.3, 0.4) is 0 Å². The number of fused-ring (bicyclic) bond motifs is 1. The number of halogens is 3. The van der Waals surface area contributed by atoms with Crippen molar-refractivity contribution in [1.29, 1.82) is 0 Å². The lowest BCUT2D eigenvalue weighted by atomic mass is 9.93. The minimum absolute atomic E-state index is 0.0398. The van der Waals surface area contributed by atoms with E-state index in [0.717, 1.165) is 30.7 Å². The number of aromatic nitrogens is 1. The molecule has 0 amide bonds. The molecule has 2 N–H and O–H groups in total. The third kappa shape index (κ3) is 3.60. The Morgan fingerprint density at radius 2 is 1.72 bits per heavy atom. The molecule has 6 nitrogen and oxygen atoms in total. The molecule has 0 saturated carbocycles. The van der Waals surface area contributed by atoms with Crippen LogP contribution < -0.4 is 0 Å². The highest BCUT2D eigenvalue weighted by Gasteiger charge is 2.62. The van der Waals surface area contributed by atoms with E-state index < -0.39 is 33.1 Å². The van der Waals surface area contributed by atoms with Gasteiger partial charge in [0, 0.05) is 29.9 Å². The normalized spacial score (nSPS) is 14.7. The largest absolute Gasteiger partial charge is 0.479 e. The van der Waals surface area contributed by atoms with Crippen LogP contribution in [0.2, 0.25) is 0 Å². The number of benzene rings is 2. The van der Waals surface area contributed by atoms with Crippen molar-refractivity contribution in [3.8, 4) is 0 Å². The Labute approximate surface area is 163 Å². The maximum atomic E-state index is 13.5. The first-order chi connectivity index (χ1) is 13.4. The van der Waals surface area contributed by atoms with Gasteiger partial charge in [-0.05, 0) is 17.7 Å². The Balaban J connectivity index is 2.33. The Hall–Kier alpha value is -2.85. The van der Waals surface area contributed by atoms with Crippen molar-refractivity contribution in [3.63, 3.8) is 0 Å². The predicted molar refractivity (Wildman–Crippen MR) is 98.2 cm³/mol. The highest BCUT2D eigenvalue weighted by atomic mass is 32.2. The van der Waals surface area contributed by atoms with Gasteiger partial charge in [-0.25, -0.2) is 13.2 Å². The Bertz CT molecular complexity index is 1190. The van der Waals surface area contributed by atoms with E-state index in [2.05, 4.69) is 0 Å². The van der Waals surface area contributed by atoms with Crippen molar-refractivity contribution in [1.82, 2.24) is 4.57 Å². The van der Waals surface area contributed by atoms with Gasteiger partial charge < -0.3 is 14.8 Å². The molecule has 1 unspecified atom stereocenters. The number of aliphatic carboxylic acids is 1. The summed E-state index contributed by atoms with van der Waals surface area (Å²) in [6.07, 6.45) is -3.66. The van der Waals surface area contributed by atoms with Crippen LogP contribution >= 0.6 is 0 Å². The van der Waals surface area contributed by atoms with Crippen LogP contribution in [-0.2, 0) is 26.8 Å². The number of hydrogen-bond acceptors (Lipinski definition) is 4. The standard InChI is InChI=1S/C19H16F3NO5S/c1-29(27,28)13-7-8-14-15(18(26,17(24)25)19(20,21)22)11-23(16(14)9-13)10-12-5-3-2-4-6-12/h2-9,11,26H,10H2,1H3,(H,24,25). The molecule has 0 saturated heterocycles. The second-order valence-electron chi connectivity index (χ2n) is 6.62. The molecule has 0 aliphatic carbocycles. The second kappa shape index (κ2) is 6.89. The third-order valence-electron chi connectivity index (χ3n) is 4.59. The number of rotatable bonds is 5. The molecule has 154 valence electrons. The zero-order valence-electron chi connectivity index (χ0n) is 15.0. The van der Waals surface area contributed by atoms with Gasteiger partial charge in [-0.1, -0.05) is 36.4 Å². The van der Waals surface area contributed by atoms with E-state index >= 15 is 0 Å². The van der Waals surface area contributed by atoms with E-state index in [1.807, 2.05) is 0 Å². The SMILES string of the molecule is CS(=O)(=O)c1ccc2c(C(O)(C(=O)O)C(F)(F)F)cn(Cc3ccccc3)c2c1. The van der Waals surface area contributed by atoms with Crippen molar-refractivity contribution < 1.29 is 36.6 Å². The molecule has 3 aromatic rings. The van der Waals surface area contributed by atoms with Gasteiger partial charge in [-0.15, -0.1) is 0 Å². The monoisotopic (exact) mass is 427 g/mol. The van der Waals surface area contributed by atoms with Crippen molar-refractivity contribution in [3.05, 3.63) is 65.9 Å². The van der Waals surface area contributed by atoms with E-state index in [4.69, 9.17) is 0 Å². The molecular formula is C19H16F3NO5S. The van der Waals surface area contributed by atoms with Crippen LogP contribution in [0.25, 0.3) is 10.9 Å². The maximum absolute atomic E-state index is 13.5. The molecule has 10 heteroatoms. The molecule has 0 aliphatic heterocycles. The Morgan fingerprint density at radius 1 is 1.10 bits per heavy atom. The number of sulfone groups is 1. The average Bonchev–Trinajstić information content (AvgIpc) is 2.98. The zero-order valence-corrected chi connectivity index (χ0v) is 15.8. The van der Waals surface area contributed by atoms with Crippen molar-refractivity contribution in [2.24, 2.45) is 0 Å². The fourth-order valence-corrected chi connectivity index (χ4v) is 3.73. The minimum atomic E-state index is -5.50. The fraction of sp³-hybridized carbons (Fsp3) is 0.211. The Kier molecular flexibility index (Phi) is 4.96. The molecule has 0 fully saturated rings. The second-order valence-corrected chi connectivity index (χ2v) is 8.64. The highest BCUT2D eigenvalue weighted by Crippen LogP contribution is 2.43. The molecule has 0 aliphatic rings. The number of carboxylic acids is 1. The topological polar surface area (TPSA) is 96.6 Å². The molecule has 1 aromatic heterocycles. The van der Waals surface area contributed by atoms with Gasteiger partial charge in [0.25, 0.3) is 5.60 Å². The number of aliphatic hydroxyl groups is 1. The van der Waals surface area contributed by atoms with E-state index in [9.17, 15) is 36.6 Å². The summed E-state index contributed by atoms with van der Waals surface area (Å²) < 4.78 is 65.7. The van der Waals surface area contributed by atoms with Crippen molar-refractivity contribution in [2.75, 3.05) is 6.26 Å². The number of alkyl halides is 3. The van der Waals surface area contributed by atoms with E-state index in [1.165, 1.54) is 4.57 Å². The number of hydrogen-bond donors (Lipinski definition) is 2. The smallest absolute Gasteiger partial charge is 0.432 e. The van der Waals surface area contributed by atoms with Gasteiger partial charge in [0.15, 0.2) is 9.84 Å². The summed E-state index contributed by atoms with van der Waals surface area (Å²) in [7, 11) is -3.67. The molecule has 0 radical (unpaired) electrons. The van der Waals surface area contributed by atoms with Crippen LogP contribution in [0.5, 0.6) is 0 Å². The zero-order chi connectivity index (χ0) is 21.6. The van der Waals surface area contributed by atoms with E-state index in [1.54, 1.807) is 30.3 Å². The van der Waals surface area contributed by atoms with Gasteiger partial charge in [-0.3, -0.25) is 0 Å². The quantitative estimate of drug-likeness (QED) is 0.653. The van der Waals surface area contributed by atoms with Crippen LogP contribution in [0.15, 0.2) is 59.6 Å². The van der Waals surface area contributed by atoms with E-state index in [0.29, 0.717) is 5.56 Å². The summed E-state index contributed by atoms with van der Waals surface area (Å²) in [6, 6.07) is 11.9. The van der Waals surface area contributed by atoms with Crippen LogP contribution in [0.4, 0.5) is 13.2 Å². The predicted octanol–water partition coefficient (Wildman–Crippen LogP) is 2.93. The summed E-state index contributed by atoms with van der Waals surface area (Å²) in [5.74, 6) is -2.48. The molecule has 3 rings (SSSR count). The lowest BCUT2D eigenvalue weighted by Crippen LogP contribution is -2.49. The van der Waals surface area contributed by atoms with Crippen molar-refractivity contribution in [2.45, 2.75) is 23.2 Å². The molecule has 2 aromatic carbocycles. The highest BCUT2D eigenvalue weighted by molar-refractivity contribution is 7.90. The maximum Gasteiger partial charge on any atom is 0.432 e. The summed E-state index contributed by atoms with van der Waals surface area (Å²) >= 11 is 0. The minimum Gasteiger partial charge on any atom is -0.479 e. The number of carbonyl (C=O) groups is 1. The number of carboxylic acid groups (broad SMARTS) is 1. The van der Waals surface area contributed by atoms with Crippen LogP contribution in [-0.4, -0.2) is 41.6 Å². The summed E-state index contributed by atoms with van der Waals surface area (Å²) in [6.45, 7) is 0.0398. The molecule has 1 atom stereocenters.